The average molecular weight is 347 g/mol. The van der Waals surface area contributed by atoms with Gasteiger partial charge in [0.25, 0.3) is 5.91 Å². The third-order valence-corrected chi connectivity index (χ3v) is 4.74. The second-order valence-corrected chi connectivity index (χ2v) is 6.87. The predicted octanol–water partition coefficient (Wildman–Crippen LogP) is 1.73. The summed E-state index contributed by atoms with van der Waals surface area (Å²) in [7, 11) is 1.66. The number of nitrogens with zero attached hydrogens (tertiary/aromatic N) is 5. The summed E-state index contributed by atoms with van der Waals surface area (Å²) in [5.74, 6) is 1.59. The zero-order valence-electron chi connectivity index (χ0n) is 15.2. The molecule has 1 amide bonds. The minimum atomic E-state index is -0.123. The van der Waals surface area contributed by atoms with E-state index in [-0.39, 0.29) is 23.4 Å². The summed E-state index contributed by atoms with van der Waals surface area (Å²) >= 11 is 0. The first-order valence-corrected chi connectivity index (χ1v) is 8.82. The van der Waals surface area contributed by atoms with Gasteiger partial charge in [-0.3, -0.25) is 9.36 Å². The van der Waals surface area contributed by atoms with Crippen LogP contribution in [0.25, 0.3) is 0 Å². The van der Waals surface area contributed by atoms with Crippen LogP contribution in [0.4, 0.5) is 0 Å². The Morgan fingerprint density at radius 2 is 2.20 bits per heavy atom. The number of hydrogen-bond donors (Lipinski definition) is 0. The van der Waals surface area contributed by atoms with Gasteiger partial charge in [0.2, 0.25) is 0 Å². The monoisotopic (exact) mass is 347 g/mol. The second kappa shape index (κ2) is 6.85. The van der Waals surface area contributed by atoms with Crippen molar-refractivity contribution >= 4 is 5.91 Å². The maximum Gasteiger partial charge on any atom is 0.345 e. The van der Waals surface area contributed by atoms with Crippen LogP contribution in [0.15, 0.2) is 15.4 Å². The third kappa shape index (κ3) is 3.25. The molecule has 1 atom stereocenters. The molecule has 0 saturated carbocycles. The Morgan fingerprint density at radius 3 is 2.84 bits per heavy atom. The van der Waals surface area contributed by atoms with E-state index in [1.54, 1.807) is 22.6 Å². The van der Waals surface area contributed by atoms with E-state index in [1.165, 1.54) is 4.68 Å². The van der Waals surface area contributed by atoms with Gasteiger partial charge in [-0.1, -0.05) is 19.0 Å². The van der Waals surface area contributed by atoms with Crippen molar-refractivity contribution in [2.75, 3.05) is 13.1 Å². The summed E-state index contributed by atoms with van der Waals surface area (Å²) in [6.07, 6.45) is 1.79. The first-order chi connectivity index (χ1) is 11.9. The maximum atomic E-state index is 12.7. The number of hydrogen-bond acceptors (Lipinski definition) is 5. The van der Waals surface area contributed by atoms with Gasteiger partial charge >= 0.3 is 5.69 Å². The van der Waals surface area contributed by atoms with Crippen molar-refractivity contribution in [3.63, 3.8) is 0 Å². The summed E-state index contributed by atoms with van der Waals surface area (Å²) in [6, 6.07) is 1.72. The van der Waals surface area contributed by atoms with Crippen molar-refractivity contribution in [2.24, 2.45) is 7.05 Å². The Labute approximate surface area is 146 Å². The Morgan fingerprint density at radius 1 is 1.44 bits per heavy atom. The van der Waals surface area contributed by atoms with E-state index in [0.717, 1.165) is 18.7 Å². The molecule has 1 saturated heterocycles. The number of likely N-dealkylation sites (tertiary alicyclic amines) is 1. The standard InChI is InChI=1S/C17H25N5O3/c1-5-22-15(18-20(4)17(22)24)12-7-6-8-21(10-12)16(23)13-9-14(11(2)3)25-19-13/h9,11-12H,5-8,10H2,1-4H3/t12-/m1/s1. The van der Waals surface area contributed by atoms with E-state index in [4.69, 9.17) is 4.52 Å². The molecule has 8 nitrogen and oxygen atoms in total. The maximum absolute atomic E-state index is 12.7. The van der Waals surface area contributed by atoms with Crippen LogP contribution in [0.1, 0.15) is 67.5 Å². The molecule has 1 aliphatic rings. The summed E-state index contributed by atoms with van der Waals surface area (Å²) in [5, 5.41) is 8.31. The highest BCUT2D eigenvalue weighted by Crippen LogP contribution is 2.26. The quantitative estimate of drug-likeness (QED) is 0.841. The zero-order valence-corrected chi connectivity index (χ0v) is 15.2. The van der Waals surface area contributed by atoms with E-state index < -0.39 is 0 Å². The van der Waals surface area contributed by atoms with Gasteiger partial charge in [0.05, 0.1) is 0 Å². The molecule has 0 N–H and O–H groups in total. The molecule has 0 bridgehead atoms. The molecule has 0 unspecified atom stereocenters. The zero-order chi connectivity index (χ0) is 18.1. The van der Waals surface area contributed by atoms with Crippen molar-refractivity contribution in [1.29, 1.82) is 0 Å². The highest BCUT2D eigenvalue weighted by Gasteiger charge is 2.30. The third-order valence-electron chi connectivity index (χ3n) is 4.74. The number of rotatable bonds is 4. The van der Waals surface area contributed by atoms with E-state index in [0.29, 0.717) is 31.1 Å². The minimum absolute atomic E-state index is 0.0584. The lowest BCUT2D eigenvalue weighted by atomic mass is 9.96. The van der Waals surface area contributed by atoms with Crippen LogP contribution in [-0.2, 0) is 13.6 Å². The summed E-state index contributed by atoms with van der Waals surface area (Å²) in [6.45, 7) is 7.73. The second-order valence-electron chi connectivity index (χ2n) is 6.87. The van der Waals surface area contributed by atoms with Gasteiger partial charge in [-0.05, 0) is 19.8 Å². The van der Waals surface area contributed by atoms with Crippen molar-refractivity contribution in [3.05, 3.63) is 33.8 Å². The number of aryl methyl sites for hydroxylation is 1. The summed E-state index contributed by atoms with van der Waals surface area (Å²) in [4.78, 5) is 26.7. The molecule has 136 valence electrons. The van der Waals surface area contributed by atoms with Crippen LogP contribution >= 0.6 is 0 Å². The van der Waals surface area contributed by atoms with Gasteiger partial charge in [0.15, 0.2) is 5.69 Å². The van der Waals surface area contributed by atoms with Crippen LogP contribution in [0.3, 0.4) is 0 Å². The van der Waals surface area contributed by atoms with Crippen LogP contribution < -0.4 is 5.69 Å². The Bertz CT molecular complexity index is 817. The van der Waals surface area contributed by atoms with Crippen molar-refractivity contribution in [2.45, 2.75) is 52.0 Å². The minimum Gasteiger partial charge on any atom is -0.360 e. The van der Waals surface area contributed by atoms with E-state index in [9.17, 15) is 9.59 Å². The Hall–Kier alpha value is -2.38. The normalized spacial score (nSPS) is 18.1. The first kappa shape index (κ1) is 17.4. The predicted molar refractivity (Wildman–Crippen MR) is 91.6 cm³/mol. The molecule has 8 heteroatoms. The number of amides is 1. The van der Waals surface area contributed by atoms with E-state index in [1.807, 2.05) is 20.8 Å². The van der Waals surface area contributed by atoms with Crippen LogP contribution in [0.2, 0.25) is 0 Å². The molecule has 1 fully saturated rings. The van der Waals surface area contributed by atoms with Crippen molar-refractivity contribution in [1.82, 2.24) is 24.4 Å². The fraction of sp³-hybridized carbons (Fsp3) is 0.647. The van der Waals surface area contributed by atoms with Gasteiger partial charge in [-0.15, -0.1) is 0 Å². The van der Waals surface area contributed by atoms with E-state index >= 15 is 0 Å². The van der Waals surface area contributed by atoms with E-state index in [2.05, 4.69) is 10.3 Å². The van der Waals surface area contributed by atoms with Gasteiger partial charge < -0.3 is 9.42 Å². The van der Waals surface area contributed by atoms with Crippen LogP contribution in [0.5, 0.6) is 0 Å². The lowest BCUT2D eigenvalue weighted by Crippen LogP contribution is -2.40. The molecule has 1 aliphatic heterocycles. The fourth-order valence-electron chi connectivity index (χ4n) is 3.32. The SMILES string of the molecule is CCn1c([C@@H]2CCCN(C(=O)c3cc(C(C)C)on3)C2)nn(C)c1=O. The lowest BCUT2D eigenvalue weighted by molar-refractivity contribution is 0.0692. The number of carbonyl (C=O) groups excluding carboxylic acids is 1. The molecule has 3 heterocycles. The van der Waals surface area contributed by atoms with Crippen LogP contribution in [-0.4, -0.2) is 43.4 Å². The average Bonchev–Trinajstić information content (AvgIpc) is 3.20. The highest BCUT2D eigenvalue weighted by atomic mass is 16.5. The molecule has 0 spiro atoms. The number of aromatic nitrogens is 4. The molecule has 0 aromatic carbocycles. The topological polar surface area (TPSA) is 86.2 Å². The van der Waals surface area contributed by atoms with Gasteiger partial charge in [-0.2, -0.15) is 5.10 Å². The van der Waals surface area contributed by atoms with Gasteiger partial charge in [0.1, 0.15) is 11.6 Å². The van der Waals surface area contributed by atoms with Gasteiger partial charge in [0, 0.05) is 44.6 Å². The van der Waals surface area contributed by atoms with Crippen molar-refractivity contribution in [3.8, 4) is 0 Å². The van der Waals surface area contributed by atoms with Gasteiger partial charge in [-0.25, -0.2) is 9.48 Å². The Balaban J connectivity index is 1.80. The number of carbonyl (C=O) groups is 1. The lowest BCUT2D eigenvalue weighted by Gasteiger charge is -2.31. The highest BCUT2D eigenvalue weighted by molar-refractivity contribution is 5.92. The first-order valence-electron chi connectivity index (χ1n) is 8.82. The molecule has 2 aromatic rings. The smallest absolute Gasteiger partial charge is 0.345 e. The Kier molecular flexibility index (Phi) is 4.78. The van der Waals surface area contributed by atoms with Crippen molar-refractivity contribution < 1.29 is 9.32 Å². The molecular weight excluding hydrogens is 322 g/mol. The molecule has 25 heavy (non-hydrogen) atoms. The molecular formula is C17H25N5O3. The molecule has 0 aliphatic carbocycles. The fourth-order valence-corrected chi connectivity index (χ4v) is 3.32. The molecule has 2 aromatic heterocycles. The summed E-state index contributed by atoms with van der Waals surface area (Å²) in [5.41, 5.74) is 0.234. The molecule has 0 radical (unpaired) electrons. The molecule has 3 rings (SSSR count). The number of piperidine rings is 1. The summed E-state index contributed by atoms with van der Waals surface area (Å²) < 4.78 is 8.30. The largest absolute Gasteiger partial charge is 0.360 e. The van der Waals surface area contributed by atoms with Crippen LogP contribution in [0, 0.1) is 0 Å².